The van der Waals surface area contributed by atoms with Crippen molar-refractivity contribution in [1.29, 1.82) is 0 Å². The molecule has 1 fully saturated rings. The molecular weight excluding hydrogens is 334 g/mol. The molecule has 23 heavy (non-hydrogen) atoms. The summed E-state index contributed by atoms with van der Waals surface area (Å²) >= 11 is 7.34. The van der Waals surface area contributed by atoms with Crippen LogP contribution >= 0.6 is 22.9 Å². The van der Waals surface area contributed by atoms with E-state index >= 15 is 0 Å². The van der Waals surface area contributed by atoms with Gasteiger partial charge in [0.15, 0.2) is 0 Å². The Balaban J connectivity index is 1.47. The third-order valence-corrected chi connectivity index (χ3v) is 4.43. The smallest absolute Gasteiger partial charge is 0.331 e. The molecule has 1 saturated heterocycles. The quantitative estimate of drug-likeness (QED) is 0.625. The fourth-order valence-electron chi connectivity index (χ4n) is 2.42. The van der Waals surface area contributed by atoms with Gasteiger partial charge in [-0.1, -0.05) is 11.6 Å². The Morgan fingerprint density at radius 1 is 1.35 bits per heavy atom. The maximum Gasteiger partial charge on any atom is 0.331 e. The van der Waals surface area contributed by atoms with Crippen LogP contribution in [0.25, 0.3) is 6.08 Å². The predicted molar refractivity (Wildman–Crippen MR) is 91.7 cm³/mol. The van der Waals surface area contributed by atoms with Gasteiger partial charge in [0.25, 0.3) is 0 Å². The average Bonchev–Trinajstić information content (AvgIpc) is 3.08. The monoisotopic (exact) mass is 349 g/mol. The maximum atomic E-state index is 11.8. The highest BCUT2D eigenvalue weighted by Crippen LogP contribution is 2.21. The summed E-state index contributed by atoms with van der Waals surface area (Å²) in [4.78, 5) is 22.4. The van der Waals surface area contributed by atoms with Crippen molar-refractivity contribution in [3.8, 4) is 0 Å². The highest BCUT2D eigenvalue weighted by atomic mass is 35.5. The van der Waals surface area contributed by atoms with E-state index in [-0.39, 0.29) is 12.1 Å². The minimum Gasteiger partial charge on any atom is -0.459 e. The predicted octanol–water partition coefficient (Wildman–Crippen LogP) is 3.42. The summed E-state index contributed by atoms with van der Waals surface area (Å²) < 4.78 is 5.47. The van der Waals surface area contributed by atoms with Crippen molar-refractivity contribution in [2.24, 2.45) is 0 Å². The summed E-state index contributed by atoms with van der Waals surface area (Å²) in [5.74, 6) is 0.587. The lowest BCUT2D eigenvalue weighted by atomic mass is 10.1. The Hall–Kier alpha value is -1.92. The van der Waals surface area contributed by atoms with Gasteiger partial charge in [-0.2, -0.15) is 0 Å². The number of nitrogens with zero attached hydrogens (tertiary/aromatic N) is 3. The number of hydrogen-bond donors (Lipinski definition) is 0. The van der Waals surface area contributed by atoms with Crippen LogP contribution in [0.4, 0.5) is 5.82 Å². The number of thiazole rings is 1. The Bertz CT molecular complexity index is 665. The highest BCUT2D eigenvalue weighted by Gasteiger charge is 2.22. The number of esters is 1. The molecule has 0 amide bonds. The summed E-state index contributed by atoms with van der Waals surface area (Å²) in [5.41, 5.74) is 2.50. The van der Waals surface area contributed by atoms with Crippen molar-refractivity contribution in [1.82, 2.24) is 9.97 Å². The average molecular weight is 350 g/mol. The Morgan fingerprint density at radius 2 is 2.17 bits per heavy atom. The third kappa shape index (κ3) is 4.53. The van der Waals surface area contributed by atoms with Crippen LogP contribution in [0.2, 0.25) is 5.02 Å². The second kappa shape index (κ2) is 7.57. The molecule has 0 bridgehead atoms. The van der Waals surface area contributed by atoms with E-state index in [1.807, 2.05) is 17.5 Å². The Morgan fingerprint density at radius 3 is 2.83 bits per heavy atom. The minimum atomic E-state index is -0.318. The molecule has 3 rings (SSSR count). The van der Waals surface area contributed by atoms with E-state index in [9.17, 15) is 4.79 Å². The molecule has 7 heteroatoms. The van der Waals surface area contributed by atoms with E-state index in [2.05, 4.69) is 14.9 Å². The zero-order valence-electron chi connectivity index (χ0n) is 12.4. The molecule has 0 radical (unpaired) electrons. The number of carbonyl (C=O) groups is 1. The van der Waals surface area contributed by atoms with Crippen LogP contribution in [0.1, 0.15) is 18.5 Å². The van der Waals surface area contributed by atoms with Gasteiger partial charge in [-0.25, -0.2) is 14.8 Å². The van der Waals surface area contributed by atoms with Gasteiger partial charge < -0.3 is 9.64 Å². The molecule has 0 atom stereocenters. The van der Waals surface area contributed by atoms with Crippen molar-refractivity contribution in [2.45, 2.75) is 18.9 Å². The molecule has 0 N–H and O–H groups in total. The van der Waals surface area contributed by atoms with Gasteiger partial charge in [0, 0.05) is 43.6 Å². The Kier molecular flexibility index (Phi) is 5.25. The summed E-state index contributed by atoms with van der Waals surface area (Å²) in [7, 11) is 0. The summed E-state index contributed by atoms with van der Waals surface area (Å²) in [6.45, 7) is 1.62. The van der Waals surface area contributed by atoms with E-state index in [0.29, 0.717) is 5.02 Å². The fraction of sp³-hybridized carbons (Fsp3) is 0.312. The molecule has 2 aromatic rings. The number of aromatic nitrogens is 2. The van der Waals surface area contributed by atoms with Crippen LogP contribution in [-0.4, -0.2) is 35.1 Å². The maximum absolute atomic E-state index is 11.8. The first-order chi connectivity index (χ1) is 11.2. The highest BCUT2D eigenvalue weighted by molar-refractivity contribution is 7.07. The number of carbonyl (C=O) groups excluding carboxylic acids is 1. The lowest BCUT2D eigenvalue weighted by Gasteiger charge is -2.32. The van der Waals surface area contributed by atoms with Crippen molar-refractivity contribution in [3.63, 3.8) is 0 Å². The molecule has 0 aromatic carbocycles. The van der Waals surface area contributed by atoms with Gasteiger partial charge in [0.2, 0.25) is 0 Å². The number of ether oxygens (including phenoxy) is 1. The number of pyridine rings is 1. The first kappa shape index (κ1) is 16.0. The zero-order chi connectivity index (χ0) is 16.1. The number of rotatable bonds is 4. The summed E-state index contributed by atoms with van der Waals surface area (Å²) in [5, 5.41) is 2.51. The molecule has 0 spiro atoms. The van der Waals surface area contributed by atoms with Gasteiger partial charge >= 0.3 is 5.97 Å². The normalized spacial score (nSPS) is 16.0. The van der Waals surface area contributed by atoms with Gasteiger partial charge in [-0.05, 0) is 18.2 Å². The van der Waals surface area contributed by atoms with Crippen LogP contribution in [0.5, 0.6) is 0 Å². The van der Waals surface area contributed by atoms with Crippen molar-refractivity contribution >= 4 is 40.8 Å². The van der Waals surface area contributed by atoms with E-state index in [1.165, 1.54) is 17.4 Å². The van der Waals surface area contributed by atoms with E-state index in [1.54, 1.807) is 17.8 Å². The second-order valence-electron chi connectivity index (χ2n) is 5.20. The topological polar surface area (TPSA) is 55.3 Å². The van der Waals surface area contributed by atoms with Crippen LogP contribution in [0, 0.1) is 0 Å². The molecule has 0 unspecified atom stereocenters. The zero-order valence-corrected chi connectivity index (χ0v) is 14.0. The van der Waals surface area contributed by atoms with Crippen LogP contribution in [0.3, 0.4) is 0 Å². The molecule has 3 heterocycles. The number of hydrogen-bond acceptors (Lipinski definition) is 6. The van der Waals surface area contributed by atoms with E-state index in [4.69, 9.17) is 16.3 Å². The molecule has 5 nitrogen and oxygen atoms in total. The largest absolute Gasteiger partial charge is 0.459 e. The van der Waals surface area contributed by atoms with E-state index in [0.717, 1.165) is 37.4 Å². The van der Waals surface area contributed by atoms with Crippen LogP contribution in [-0.2, 0) is 9.53 Å². The second-order valence-corrected chi connectivity index (χ2v) is 6.36. The summed E-state index contributed by atoms with van der Waals surface area (Å²) in [6.07, 6.45) is 6.28. The van der Waals surface area contributed by atoms with Gasteiger partial charge in [-0.3, -0.25) is 0 Å². The minimum absolute atomic E-state index is 0.0499. The van der Waals surface area contributed by atoms with Crippen LogP contribution in [0.15, 0.2) is 35.3 Å². The Labute approximate surface area is 143 Å². The number of halogens is 1. The molecule has 0 saturated carbocycles. The van der Waals surface area contributed by atoms with Crippen molar-refractivity contribution in [2.75, 3.05) is 18.0 Å². The molecule has 2 aromatic heterocycles. The molecule has 0 aliphatic carbocycles. The van der Waals surface area contributed by atoms with Crippen molar-refractivity contribution in [3.05, 3.63) is 46.0 Å². The standard InChI is InChI=1S/C16H16ClN3O2S/c17-12-1-3-15(18-9-12)20-7-5-14(6-8-20)22-16(21)4-2-13-10-23-11-19-13/h1-4,9-11,14H,5-8H2/b4-2+. The molecule has 120 valence electrons. The third-order valence-electron chi connectivity index (χ3n) is 3.60. The molecule has 1 aliphatic heterocycles. The first-order valence-corrected chi connectivity index (χ1v) is 8.66. The van der Waals surface area contributed by atoms with E-state index < -0.39 is 0 Å². The van der Waals surface area contributed by atoms with Gasteiger partial charge in [-0.15, -0.1) is 11.3 Å². The first-order valence-electron chi connectivity index (χ1n) is 7.34. The fourth-order valence-corrected chi connectivity index (χ4v) is 3.05. The lowest BCUT2D eigenvalue weighted by Crippen LogP contribution is -2.38. The lowest BCUT2D eigenvalue weighted by molar-refractivity contribution is -0.143. The molecular formula is C16H16ClN3O2S. The van der Waals surface area contributed by atoms with Gasteiger partial charge in [0.05, 0.1) is 16.2 Å². The number of piperidine rings is 1. The van der Waals surface area contributed by atoms with Gasteiger partial charge in [0.1, 0.15) is 11.9 Å². The molecule has 1 aliphatic rings. The SMILES string of the molecule is O=C(/C=C/c1cscn1)OC1CCN(c2ccc(Cl)cn2)CC1. The number of anilines is 1. The summed E-state index contributed by atoms with van der Waals surface area (Å²) in [6, 6.07) is 3.74. The van der Waals surface area contributed by atoms with Crippen LogP contribution < -0.4 is 4.90 Å². The van der Waals surface area contributed by atoms with Crippen molar-refractivity contribution < 1.29 is 9.53 Å².